The number of ether oxygens (including phenoxy) is 1. The predicted molar refractivity (Wildman–Crippen MR) is 70.2 cm³/mol. The molecule has 1 saturated carbocycles. The molecule has 20 heavy (non-hydrogen) atoms. The molecule has 1 unspecified atom stereocenters. The van der Waals surface area contributed by atoms with E-state index in [4.69, 9.17) is 9.26 Å². The number of amides is 1. The van der Waals surface area contributed by atoms with Crippen molar-refractivity contribution < 1.29 is 14.1 Å². The van der Waals surface area contributed by atoms with Gasteiger partial charge in [0, 0.05) is 12.6 Å². The van der Waals surface area contributed by atoms with Gasteiger partial charge in [0.1, 0.15) is 0 Å². The van der Waals surface area contributed by atoms with E-state index in [9.17, 15) is 4.79 Å². The van der Waals surface area contributed by atoms with Gasteiger partial charge < -0.3 is 19.9 Å². The first-order valence-electron chi connectivity index (χ1n) is 7.25. The second kappa shape index (κ2) is 5.88. The summed E-state index contributed by atoms with van der Waals surface area (Å²) in [6, 6.07) is 0.251. The Kier molecular flexibility index (Phi) is 3.98. The minimum absolute atomic E-state index is 0.0927. The lowest BCUT2D eigenvalue weighted by Crippen LogP contribution is -2.48. The third-order valence-corrected chi connectivity index (χ3v) is 3.84. The van der Waals surface area contributed by atoms with Gasteiger partial charge in [0.15, 0.2) is 0 Å². The van der Waals surface area contributed by atoms with Crippen LogP contribution in [0, 0.1) is 0 Å². The molecule has 2 aliphatic rings. The van der Waals surface area contributed by atoms with Crippen LogP contribution < -0.4 is 10.6 Å². The summed E-state index contributed by atoms with van der Waals surface area (Å²) in [5.41, 5.74) is 0. The van der Waals surface area contributed by atoms with Crippen LogP contribution in [0.5, 0.6) is 0 Å². The van der Waals surface area contributed by atoms with Gasteiger partial charge in [-0.25, -0.2) is 0 Å². The fraction of sp³-hybridized carbons (Fsp3) is 0.769. The van der Waals surface area contributed by atoms with E-state index in [1.165, 1.54) is 0 Å². The molecule has 1 saturated heterocycles. The van der Waals surface area contributed by atoms with Crippen LogP contribution in [0.25, 0.3) is 0 Å². The highest BCUT2D eigenvalue weighted by atomic mass is 16.5. The van der Waals surface area contributed by atoms with Crippen LogP contribution in [0.1, 0.15) is 55.2 Å². The van der Waals surface area contributed by atoms with E-state index < -0.39 is 0 Å². The van der Waals surface area contributed by atoms with E-state index >= 15 is 0 Å². The molecule has 0 spiro atoms. The zero-order chi connectivity index (χ0) is 13.9. The van der Waals surface area contributed by atoms with Crippen molar-refractivity contribution in [2.45, 2.75) is 50.8 Å². The summed E-state index contributed by atoms with van der Waals surface area (Å²) in [6.07, 6.45) is 4.05. The zero-order valence-electron chi connectivity index (χ0n) is 11.6. The number of rotatable bonds is 5. The Hall–Kier alpha value is -1.47. The molecular formula is C13H20N4O3. The van der Waals surface area contributed by atoms with Crippen molar-refractivity contribution in [2.75, 3.05) is 13.2 Å². The summed E-state index contributed by atoms with van der Waals surface area (Å²) in [5.74, 6) is 0.361. The highest BCUT2D eigenvalue weighted by molar-refractivity contribution is 5.90. The molecule has 7 nitrogen and oxygen atoms in total. The van der Waals surface area contributed by atoms with Gasteiger partial charge in [0.05, 0.1) is 12.1 Å². The summed E-state index contributed by atoms with van der Waals surface area (Å²) in [4.78, 5) is 16.2. The van der Waals surface area contributed by atoms with Gasteiger partial charge in [-0.2, -0.15) is 4.98 Å². The van der Waals surface area contributed by atoms with Crippen molar-refractivity contribution in [3.8, 4) is 0 Å². The first-order chi connectivity index (χ1) is 9.76. The molecule has 2 fully saturated rings. The molecule has 3 rings (SSSR count). The molecule has 0 aromatic carbocycles. The maximum absolute atomic E-state index is 12.0. The molecule has 7 heteroatoms. The van der Waals surface area contributed by atoms with Crippen LogP contribution in [-0.2, 0) is 4.74 Å². The maximum atomic E-state index is 12.0. The highest BCUT2D eigenvalue weighted by Crippen LogP contribution is 2.24. The summed E-state index contributed by atoms with van der Waals surface area (Å²) in [5, 5.41) is 9.92. The molecule has 0 radical (unpaired) electrons. The molecule has 1 amide bonds. The van der Waals surface area contributed by atoms with Crippen molar-refractivity contribution in [1.29, 1.82) is 0 Å². The predicted octanol–water partition coefficient (Wildman–Crippen LogP) is 0.791. The van der Waals surface area contributed by atoms with Crippen molar-refractivity contribution in [3.63, 3.8) is 0 Å². The fourth-order valence-corrected chi connectivity index (χ4v) is 2.67. The summed E-state index contributed by atoms with van der Waals surface area (Å²) < 4.78 is 10.6. The maximum Gasteiger partial charge on any atom is 0.292 e. The van der Waals surface area contributed by atoms with Gasteiger partial charge in [-0.3, -0.25) is 4.79 Å². The summed E-state index contributed by atoms with van der Waals surface area (Å²) in [6.45, 7) is 3.65. The van der Waals surface area contributed by atoms with E-state index in [-0.39, 0.29) is 29.9 Å². The Morgan fingerprint density at radius 2 is 2.40 bits per heavy atom. The lowest BCUT2D eigenvalue weighted by molar-refractivity contribution is -0.00873. The Balaban J connectivity index is 1.50. The van der Waals surface area contributed by atoms with Crippen LogP contribution in [0.2, 0.25) is 0 Å². The van der Waals surface area contributed by atoms with Gasteiger partial charge in [-0.15, -0.1) is 0 Å². The largest absolute Gasteiger partial charge is 0.378 e. The Morgan fingerprint density at radius 1 is 1.55 bits per heavy atom. The second-order valence-corrected chi connectivity index (χ2v) is 5.32. The number of nitrogens with one attached hydrogen (secondary N) is 2. The Labute approximate surface area is 117 Å². The molecule has 2 heterocycles. The smallest absolute Gasteiger partial charge is 0.292 e. The van der Waals surface area contributed by atoms with Crippen LogP contribution in [0.15, 0.2) is 4.52 Å². The SMILES string of the molecule is CCOC1CC(NC(=O)c2noc(C3CCCN3)n2)C1. The number of hydrogen-bond acceptors (Lipinski definition) is 6. The molecule has 1 aliphatic carbocycles. The van der Waals surface area contributed by atoms with Crippen molar-refractivity contribution in [1.82, 2.24) is 20.8 Å². The Bertz CT molecular complexity index is 464. The van der Waals surface area contributed by atoms with Crippen molar-refractivity contribution in [2.24, 2.45) is 0 Å². The third-order valence-electron chi connectivity index (χ3n) is 3.84. The molecule has 1 atom stereocenters. The molecule has 0 bridgehead atoms. The van der Waals surface area contributed by atoms with Gasteiger partial charge in [0.2, 0.25) is 5.89 Å². The molecule has 1 aliphatic heterocycles. The normalized spacial score (nSPS) is 29.1. The molecule has 1 aromatic heterocycles. The molecule has 2 N–H and O–H groups in total. The molecule has 110 valence electrons. The molecular weight excluding hydrogens is 260 g/mol. The third kappa shape index (κ3) is 2.83. The van der Waals surface area contributed by atoms with E-state index in [1.807, 2.05) is 6.92 Å². The average Bonchev–Trinajstić information content (AvgIpc) is 3.06. The van der Waals surface area contributed by atoms with Crippen LogP contribution in [0.4, 0.5) is 0 Å². The number of carbonyl (C=O) groups is 1. The van der Waals surface area contributed by atoms with Gasteiger partial charge in [-0.1, -0.05) is 5.16 Å². The highest BCUT2D eigenvalue weighted by Gasteiger charge is 2.32. The van der Waals surface area contributed by atoms with E-state index in [2.05, 4.69) is 20.8 Å². The van der Waals surface area contributed by atoms with Crippen LogP contribution in [-0.4, -0.2) is 41.3 Å². The van der Waals surface area contributed by atoms with Gasteiger partial charge in [0.25, 0.3) is 11.7 Å². The van der Waals surface area contributed by atoms with Gasteiger partial charge >= 0.3 is 0 Å². The number of hydrogen-bond donors (Lipinski definition) is 2. The van der Waals surface area contributed by atoms with Crippen molar-refractivity contribution in [3.05, 3.63) is 11.7 Å². The lowest BCUT2D eigenvalue weighted by Gasteiger charge is -2.34. The van der Waals surface area contributed by atoms with Gasteiger partial charge in [-0.05, 0) is 39.2 Å². The molecule has 1 aromatic rings. The van der Waals surface area contributed by atoms with E-state index in [1.54, 1.807) is 0 Å². The quantitative estimate of drug-likeness (QED) is 0.829. The van der Waals surface area contributed by atoms with Crippen LogP contribution >= 0.6 is 0 Å². The average molecular weight is 280 g/mol. The second-order valence-electron chi connectivity index (χ2n) is 5.32. The Morgan fingerprint density at radius 3 is 3.10 bits per heavy atom. The standard InChI is InChI=1S/C13H20N4O3/c1-2-19-9-6-8(7-9)15-12(18)11-16-13(20-17-11)10-4-3-5-14-10/h8-10,14H,2-7H2,1H3,(H,15,18). The van der Waals surface area contributed by atoms with Crippen molar-refractivity contribution >= 4 is 5.91 Å². The minimum atomic E-state index is -0.266. The lowest BCUT2D eigenvalue weighted by atomic mass is 9.89. The zero-order valence-corrected chi connectivity index (χ0v) is 11.6. The first kappa shape index (κ1) is 13.5. The summed E-state index contributed by atoms with van der Waals surface area (Å²) in [7, 11) is 0. The topological polar surface area (TPSA) is 89.3 Å². The number of nitrogens with zero attached hydrogens (tertiary/aromatic N) is 2. The van der Waals surface area contributed by atoms with E-state index in [0.717, 1.165) is 32.2 Å². The van der Waals surface area contributed by atoms with Crippen LogP contribution in [0.3, 0.4) is 0 Å². The summed E-state index contributed by atoms with van der Waals surface area (Å²) >= 11 is 0. The monoisotopic (exact) mass is 280 g/mol. The van der Waals surface area contributed by atoms with E-state index in [0.29, 0.717) is 12.5 Å². The minimum Gasteiger partial charge on any atom is -0.378 e. The first-order valence-corrected chi connectivity index (χ1v) is 7.25. The fourth-order valence-electron chi connectivity index (χ4n) is 2.67. The number of carbonyl (C=O) groups excluding carboxylic acids is 1. The number of aromatic nitrogens is 2.